The summed E-state index contributed by atoms with van der Waals surface area (Å²) in [5.74, 6) is 1.55. The zero-order valence-electron chi connectivity index (χ0n) is 12.3. The summed E-state index contributed by atoms with van der Waals surface area (Å²) < 4.78 is 10.8. The number of guanidine groups is 1. The van der Waals surface area contributed by atoms with E-state index in [1.54, 1.807) is 19.4 Å². The van der Waals surface area contributed by atoms with Crippen LogP contribution in [-0.2, 0) is 4.74 Å². The van der Waals surface area contributed by atoms with Crippen molar-refractivity contribution < 1.29 is 9.47 Å². The first-order valence-corrected chi connectivity index (χ1v) is 6.92. The number of hydrogen-bond acceptors (Lipinski definition) is 4. The molecular weight excluding hydrogens is 256 g/mol. The second kappa shape index (κ2) is 11.0. The maximum absolute atomic E-state index is 5.53. The summed E-state index contributed by atoms with van der Waals surface area (Å²) in [6.07, 6.45) is 4.38. The number of nitrogens with one attached hydrogen (secondary N) is 2. The largest absolute Gasteiger partial charge is 0.490 e. The normalized spacial score (nSPS) is 11.2. The molecule has 0 atom stereocenters. The predicted octanol–water partition coefficient (Wildman–Crippen LogP) is 1.05. The van der Waals surface area contributed by atoms with Crippen molar-refractivity contribution in [2.24, 2.45) is 4.99 Å². The van der Waals surface area contributed by atoms with Crippen LogP contribution < -0.4 is 15.4 Å². The zero-order chi connectivity index (χ0) is 14.5. The van der Waals surface area contributed by atoms with Crippen molar-refractivity contribution in [2.75, 3.05) is 40.0 Å². The van der Waals surface area contributed by atoms with Gasteiger partial charge in [0.15, 0.2) is 5.96 Å². The Morgan fingerprint density at radius 3 is 2.85 bits per heavy atom. The standard InChI is InChI=1S/C14H24N4O2/c1-3-19-10-5-8-17-14(15-2)18-9-11-20-13-6-4-7-16-12-13/h4,6-7,12H,3,5,8-11H2,1-2H3,(H2,15,17,18). The molecule has 0 unspecified atom stereocenters. The third kappa shape index (κ3) is 7.58. The molecule has 1 aromatic heterocycles. The summed E-state index contributed by atoms with van der Waals surface area (Å²) in [6.45, 7) is 5.61. The van der Waals surface area contributed by atoms with Gasteiger partial charge in [0.1, 0.15) is 12.4 Å². The Morgan fingerprint density at radius 2 is 2.15 bits per heavy atom. The Labute approximate surface area is 120 Å². The van der Waals surface area contributed by atoms with Gasteiger partial charge in [0.05, 0.1) is 12.7 Å². The third-order valence-electron chi connectivity index (χ3n) is 2.48. The smallest absolute Gasteiger partial charge is 0.191 e. The highest BCUT2D eigenvalue weighted by Gasteiger charge is 1.97. The molecule has 112 valence electrons. The molecule has 0 saturated heterocycles. The van der Waals surface area contributed by atoms with Gasteiger partial charge in [-0.05, 0) is 25.5 Å². The Hall–Kier alpha value is -1.82. The zero-order valence-corrected chi connectivity index (χ0v) is 12.3. The lowest BCUT2D eigenvalue weighted by Crippen LogP contribution is -2.39. The Kier molecular flexibility index (Phi) is 8.97. The lowest BCUT2D eigenvalue weighted by Gasteiger charge is -2.12. The Morgan fingerprint density at radius 1 is 1.30 bits per heavy atom. The number of aliphatic imine (C=N–C) groups is 1. The number of pyridine rings is 1. The van der Waals surface area contributed by atoms with Gasteiger partial charge in [-0.2, -0.15) is 0 Å². The van der Waals surface area contributed by atoms with E-state index in [4.69, 9.17) is 9.47 Å². The quantitative estimate of drug-likeness (QED) is 0.402. The molecule has 0 aliphatic heterocycles. The Bertz CT molecular complexity index is 371. The fourth-order valence-corrected chi connectivity index (χ4v) is 1.52. The monoisotopic (exact) mass is 280 g/mol. The van der Waals surface area contributed by atoms with Crippen LogP contribution in [0.3, 0.4) is 0 Å². The van der Waals surface area contributed by atoms with Crippen molar-refractivity contribution in [3.05, 3.63) is 24.5 Å². The molecule has 0 aliphatic rings. The van der Waals surface area contributed by atoms with Gasteiger partial charge >= 0.3 is 0 Å². The third-order valence-corrected chi connectivity index (χ3v) is 2.48. The number of hydrogen-bond donors (Lipinski definition) is 2. The van der Waals surface area contributed by atoms with Crippen LogP contribution >= 0.6 is 0 Å². The lowest BCUT2D eigenvalue weighted by atomic mass is 10.4. The van der Waals surface area contributed by atoms with E-state index in [0.717, 1.165) is 37.9 Å². The number of rotatable bonds is 9. The van der Waals surface area contributed by atoms with E-state index < -0.39 is 0 Å². The molecule has 0 spiro atoms. The minimum absolute atomic E-state index is 0.561. The van der Waals surface area contributed by atoms with Crippen LogP contribution in [-0.4, -0.2) is 50.9 Å². The van der Waals surface area contributed by atoms with E-state index in [9.17, 15) is 0 Å². The molecule has 0 fully saturated rings. The van der Waals surface area contributed by atoms with Crippen LogP contribution in [0.2, 0.25) is 0 Å². The van der Waals surface area contributed by atoms with Crippen molar-refractivity contribution in [3.8, 4) is 5.75 Å². The summed E-state index contributed by atoms with van der Waals surface area (Å²) in [4.78, 5) is 8.12. The van der Waals surface area contributed by atoms with E-state index in [1.165, 1.54) is 0 Å². The van der Waals surface area contributed by atoms with Crippen molar-refractivity contribution >= 4 is 5.96 Å². The molecular formula is C14H24N4O2. The molecule has 0 amide bonds. The highest BCUT2D eigenvalue weighted by atomic mass is 16.5. The van der Waals surface area contributed by atoms with E-state index in [-0.39, 0.29) is 0 Å². The van der Waals surface area contributed by atoms with Crippen molar-refractivity contribution in [1.29, 1.82) is 0 Å². The molecule has 0 radical (unpaired) electrons. The summed E-state index contributed by atoms with van der Waals surface area (Å²) >= 11 is 0. The molecule has 0 aliphatic carbocycles. The molecule has 1 rings (SSSR count). The van der Waals surface area contributed by atoms with E-state index in [1.807, 2.05) is 19.1 Å². The molecule has 0 saturated carbocycles. The van der Waals surface area contributed by atoms with E-state index >= 15 is 0 Å². The highest BCUT2D eigenvalue weighted by molar-refractivity contribution is 5.79. The topological polar surface area (TPSA) is 67.8 Å². The van der Waals surface area contributed by atoms with Gasteiger partial charge in [-0.25, -0.2) is 0 Å². The maximum atomic E-state index is 5.53. The molecule has 2 N–H and O–H groups in total. The highest BCUT2D eigenvalue weighted by Crippen LogP contribution is 2.04. The van der Waals surface area contributed by atoms with Gasteiger partial charge in [-0.3, -0.25) is 9.98 Å². The van der Waals surface area contributed by atoms with E-state index in [2.05, 4.69) is 20.6 Å². The summed E-state index contributed by atoms with van der Waals surface area (Å²) in [7, 11) is 1.75. The SMILES string of the molecule is CCOCCCNC(=NC)NCCOc1cccnc1. The second-order valence-electron chi connectivity index (χ2n) is 4.01. The fourth-order valence-electron chi connectivity index (χ4n) is 1.52. The fraction of sp³-hybridized carbons (Fsp3) is 0.571. The lowest BCUT2D eigenvalue weighted by molar-refractivity contribution is 0.145. The average Bonchev–Trinajstić information content (AvgIpc) is 2.50. The number of ether oxygens (including phenoxy) is 2. The first-order chi connectivity index (χ1) is 9.86. The van der Waals surface area contributed by atoms with Crippen LogP contribution in [0.1, 0.15) is 13.3 Å². The van der Waals surface area contributed by atoms with Crippen LogP contribution in [0.15, 0.2) is 29.5 Å². The van der Waals surface area contributed by atoms with Crippen LogP contribution in [0.4, 0.5) is 0 Å². The minimum Gasteiger partial charge on any atom is -0.490 e. The minimum atomic E-state index is 0.561. The van der Waals surface area contributed by atoms with Crippen LogP contribution in [0.25, 0.3) is 0 Å². The van der Waals surface area contributed by atoms with Gasteiger partial charge < -0.3 is 20.1 Å². The number of aromatic nitrogens is 1. The predicted molar refractivity (Wildman–Crippen MR) is 80.2 cm³/mol. The van der Waals surface area contributed by atoms with Crippen molar-refractivity contribution in [1.82, 2.24) is 15.6 Å². The summed E-state index contributed by atoms with van der Waals surface area (Å²) in [5, 5.41) is 6.40. The molecule has 0 bridgehead atoms. The van der Waals surface area contributed by atoms with Gasteiger partial charge in [0, 0.05) is 33.0 Å². The molecule has 6 heteroatoms. The molecule has 1 heterocycles. The van der Waals surface area contributed by atoms with E-state index in [0.29, 0.717) is 13.2 Å². The molecule has 1 aromatic rings. The second-order valence-corrected chi connectivity index (χ2v) is 4.01. The van der Waals surface area contributed by atoms with Gasteiger partial charge in [-0.15, -0.1) is 0 Å². The van der Waals surface area contributed by atoms with Crippen molar-refractivity contribution in [2.45, 2.75) is 13.3 Å². The average molecular weight is 280 g/mol. The van der Waals surface area contributed by atoms with Crippen LogP contribution in [0.5, 0.6) is 5.75 Å². The van der Waals surface area contributed by atoms with Crippen molar-refractivity contribution in [3.63, 3.8) is 0 Å². The van der Waals surface area contributed by atoms with Gasteiger partial charge in [-0.1, -0.05) is 0 Å². The number of nitrogens with zero attached hydrogens (tertiary/aromatic N) is 2. The maximum Gasteiger partial charge on any atom is 0.191 e. The van der Waals surface area contributed by atoms with Gasteiger partial charge in [0.2, 0.25) is 0 Å². The first kappa shape index (κ1) is 16.2. The van der Waals surface area contributed by atoms with Gasteiger partial charge in [0.25, 0.3) is 0 Å². The molecule has 6 nitrogen and oxygen atoms in total. The summed E-state index contributed by atoms with van der Waals surface area (Å²) in [6, 6.07) is 3.73. The molecule has 20 heavy (non-hydrogen) atoms. The molecule has 0 aromatic carbocycles. The first-order valence-electron chi connectivity index (χ1n) is 6.92. The summed E-state index contributed by atoms with van der Waals surface area (Å²) in [5.41, 5.74) is 0. The van der Waals surface area contributed by atoms with Crippen LogP contribution in [0, 0.1) is 0 Å². The Balaban J connectivity index is 2.06.